The summed E-state index contributed by atoms with van der Waals surface area (Å²) in [6, 6.07) is 2.34. The Balaban J connectivity index is 2.81. The molecule has 2 aromatic rings. The monoisotopic (exact) mass is 393 g/mol. The first-order valence-electron chi connectivity index (χ1n) is 5.71. The Morgan fingerprint density at radius 2 is 1.39 bits per heavy atom. The summed E-state index contributed by atoms with van der Waals surface area (Å²) in [4.78, 5) is 3.03. The highest BCUT2D eigenvalue weighted by Gasteiger charge is 2.40. The van der Waals surface area contributed by atoms with E-state index in [1.807, 2.05) is 0 Å². The molecule has 0 saturated carbocycles. The Bertz CT molecular complexity index is 755. The molecule has 0 spiro atoms. The molecular formula is C13H4Cl3F6N. The van der Waals surface area contributed by atoms with Crippen molar-refractivity contribution in [2.75, 3.05) is 0 Å². The highest BCUT2D eigenvalue weighted by Crippen LogP contribution is 2.45. The molecule has 0 unspecified atom stereocenters. The molecule has 0 fully saturated rings. The molecule has 0 aliphatic carbocycles. The molecule has 2 rings (SSSR count). The van der Waals surface area contributed by atoms with Crippen LogP contribution in [-0.4, -0.2) is 4.98 Å². The molecule has 0 bridgehead atoms. The predicted octanol–water partition coefficient (Wildman–Crippen LogP) is 6.75. The van der Waals surface area contributed by atoms with E-state index < -0.39 is 29.2 Å². The summed E-state index contributed by atoms with van der Waals surface area (Å²) in [6.45, 7) is 0. The number of benzene rings is 1. The van der Waals surface area contributed by atoms with Crippen molar-refractivity contribution in [3.05, 3.63) is 50.7 Å². The Morgan fingerprint density at radius 3 is 1.91 bits per heavy atom. The maximum absolute atomic E-state index is 13.2. The van der Waals surface area contributed by atoms with E-state index in [0.29, 0.717) is 6.20 Å². The van der Waals surface area contributed by atoms with E-state index in [9.17, 15) is 26.3 Å². The average molecular weight is 395 g/mol. The number of hydrogen-bond donors (Lipinski definition) is 0. The lowest BCUT2D eigenvalue weighted by atomic mass is 10.0. The van der Waals surface area contributed by atoms with Crippen LogP contribution in [0.25, 0.3) is 11.1 Å². The Morgan fingerprint density at radius 1 is 0.826 bits per heavy atom. The molecule has 1 aromatic heterocycles. The van der Waals surface area contributed by atoms with E-state index in [-0.39, 0.29) is 26.7 Å². The van der Waals surface area contributed by atoms with Gasteiger partial charge in [0, 0.05) is 17.3 Å². The third-order valence-corrected chi connectivity index (χ3v) is 3.93. The molecule has 1 heterocycles. The number of nitrogens with zero attached hydrogens (tertiary/aromatic N) is 1. The third kappa shape index (κ3) is 3.67. The van der Waals surface area contributed by atoms with E-state index in [1.54, 1.807) is 0 Å². The van der Waals surface area contributed by atoms with Gasteiger partial charge >= 0.3 is 12.4 Å². The lowest BCUT2D eigenvalue weighted by Crippen LogP contribution is -2.14. The fraction of sp³-hybridized carbons (Fsp3) is 0.154. The smallest absolute Gasteiger partial charge is 0.251 e. The van der Waals surface area contributed by atoms with Crippen molar-refractivity contribution in [2.45, 2.75) is 12.4 Å². The van der Waals surface area contributed by atoms with Crippen molar-refractivity contribution in [1.82, 2.24) is 4.98 Å². The molecule has 0 aliphatic rings. The zero-order chi connectivity index (χ0) is 17.6. The van der Waals surface area contributed by atoms with Gasteiger partial charge < -0.3 is 0 Å². The normalized spacial score (nSPS) is 12.6. The summed E-state index contributed by atoms with van der Waals surface area (Å²) in [5, 5.41) is -0.614. The molecular weight excluding hydrogens is 390 g/mol. The van der Waals surface area contributed by atoms with Crippen molar-refractivity contribution in [3.63, 3.8) is 0 Å². The first-order chi connectivity index (χ1) is 10.4. The summed E-state index contributed by atoms with van der Waals surface area (Å²) in [6.07, 6.45) is -9.68. The standard InChI is InChI=1S/C13H4Cl3F6N/c14-7-1-2-8(15)11(16)10(7)5-4-23-9(13(20,21)22)3-6(5)12(17,18)19/h1-4H. The highest BCUT2D eigenvalue weighted by molar-refractivity contribution is 6.46. The van der Waals surface area contributed by atoms with Gasteiger partial charge in [-0.15, -0.1) is 0 Å². The van der Waals surface area contributed by atoms with Gasteiger partial charge in [0.25, 0.3) is 0 Å². The van der Waals surface area contributed by atoms with Crippen LogP contribution < -0.4 is 0 Å². The molecule has 1 nitrogen and oxygen atoms in total. The minimum absolute atomic E-state index is 0.0943. The number of halogens is 9. The van der Waals surface area contributed by atoms with Crippen molar-refractivity contribution in [1.29, 1.82) is 0 Å². The second-order valence-electron chi connectivity index (χ2n) is 4.33. The number of aromatic nitrogens is 1. The van der Waals surface area contributed by atoms with Crippen LogP contribution in [0.15, 0.2) is 24.4 Å². The molecule has 0 N–H and O–H groups in total. The van der Waals surface area contributed by atoms with Gasteiger partial charge in [-0.25, -0.2) is 0 Å². The fourth-order valence-corrected chi connectivity index (χ4v) is 2.55. The average Bonchev–Trinajstić information content (AvgIpc) is 2.41. The molecule has 10 heteroatoms. The Hall–Kier alpha value is -1.18. The van der Waals surface area contributed by atoms with E-state index in [0.717, 1.165) is 0 Å². The third-order valence-electron chi connectivity index (χ3n) is 2.81. The quantitative estimate of drug-likeness (QED) is 0.385. The van der Waals surface area contributed by atoms with Crippen molar-refractivity contribution >= 4 is 34.8 Å². The van der Waals surface area contributed by atoms with Gasteiger partial charge in [0.05, 0.1) is 20.6 Å². The van der Waals surface area contributed by atoms with Crippen LogP contribution in [0, 0.1) is 0 Å². The summed E-state index contributed by atoms with van der Waals surface area (Å²) >= 11 is 17.4. The number of alkyl halides is 6. The zero-order valence-electron chi connectivity index (χ0n) is 10.7. The molecule has 23 heavy (non-hydrogen) atoms. The van der Waals surface area contributed by atoms with Gasteiger partial charge in [-0.05, 0) is 18.2 Å². The van der Waals surface area contributed by atoms with Crippen LogP contribution >= 0.6 is 34.8 Å². The van der Waals surface area contributed by atoms with E-state index in [4.69, 9.17) is 34.8 Å². The van der Waals surface area contributed by atoms with Gasteiger partial charge in [0.15, 0.2) is 0 Å². The summed E-state index contributed by atoms with van der Waals surface area (Å²) < 4.78 is 77.3. The molecule has 124 valence electrons. The summed E-state index contributed by atoms with van der Waals surface area (Å²) in [5.41, 5.74) is -4.27. The SMILES string of the molecule is FC(F)(F)c1cc(C(F)(F)F)c(-c2c(Cl)ccc(Cl)c2Cl)cn1. The van der Waals surface area contributed by atoms with Gasteiger partial charge in [0.1, 0.15) is 5.69 Å². The second kappa shape index (κ2) is 6.03. The lowest BCUT2D eigenvalue weighted by molar-refractivity contribution is -0.145. The number of pyridine rings is 1. The van der Waals surface area contributed by atoms with E-state index >= 15 is 0 Å². The Labute approximate surface area is 140 Å². The molecule has 0 amide bonds. The van der Waals surface area contributed by atoms with Crippen molar-refractivity contribution < 1.29 is 26.3 Å². The first kappa shape index (κ1) is 18.2. The van der Waals surface area contributed by atoms with Crippen LogP contribution in [0.5, 0.6) is 0 Å². The number of rotatable bonds is 1. The summed E-state index contributed by atoms with van der Waals surface area (Å²) in [5.74, 6) is 0. The fourth-order valence-electron chi connectivity index (χ4n) is 1.82. The highest BCUT2D eigenvalue weighted by atomic mass is 35.5. The van der Waals surface area contributed by atoms with E-state index in [1.165, 1.54) is 12.1 Å². The first-order valence-corrected chi connectivity index (χ1v) is 6.84. The van der Waals surface area contributed by atoms with E-state index in [2.05, 4.69) is 4.98 Å². The molecule has 0 saturated heterocycles. The molecule has 1 aromatic carbocycles. The van der Waals surface area contributed by atoms with Crippen LogP contribution in [0.1, 0.15) is 11.3 Å². The maximum atomic E-state index is 13.2. The minimum Gasteiger partial charge on any atom is -0.251 e. The maximum Gasteiger partial charge on any atom is 0.433 e. The largest absolute Gasteiger partial charge is 0.433 e. The van der Waals surface area contributed by atoms with Crippen molar-refractivity contribution in [3.8, 4) is 11.1 Å². The number of hydrogen-bond acceptors (Lipinski definition) is 1. The van der Waals surface area contributed by atoms with Gasteiger partial charge in [0.2, 0.25) is 0 Å². The Kier molecular flexibility index (Phi) is 4.76. The van der Waals surface area contributed by atoms with Gasteiger partial charge in [-0.1, -0.05) is 34.8 Å². The minimum atomic E-state index is -5.08. The zero-order valence-corrected chi connectivity index (χ0v) is 12.9. The molecule has 0 atom stereocenters. The molecule has 0 aliphatic heterocycles. The summed E-state index contributed by atoms with van der Waals surface area (Å²) in [7, 11) is 0. The lowest BCUT2D eigenvalue weighted by Gasteiger charge is -2.17. The molecule has 0 radical (unpaired) electrons. The van der Waals surface area contributed by atoms with Crippen molar-refractivity contribution in [2.24, 2.45) is 0 Å². The predicted molar refractivity (Wildman–Crippen MR) is 74.7 cm³/mol. The van der Waals surface area contributed by atoms with Crippen LogP contribution in [-0.2, 0) is 12.4 Å². The topological polar surface area (TPSA) is 12.9 Å². The van der Waals surface area contributed by atoms with Crippen LogP contribution in [0.2, 0.25) is 15.1 Å². The van der Waals surface area contributed by atoms with Gasteiger partial charge in [-0.3, -0.25) is 4.98 Å². The van der Waals surface area contributed by atoms with Crippen LogP contribution in [0.3, 0.4) is 0 Å². The van der Waals surface area contributed by atoms with Gasteiger partial charge in [-0.2, -0.15) is 26.3 Å². The second-order valence-corrected chi connectivity index (χ2v) is 5.52. The van der Waals surface area contributed by atoms with Crippen LogP contribution in [0.4, 0.5) is 26.3 Å².